The van der Waals surface area contributed by atoms with Gasteiger partial charge in [-0.15, -0.1) is 0 Å². The van der Waals surface area contributed by atoms with E-state index in [1.807, 2.05) is 0 Å². The normalized spacial score (nSPS) is 15.1. The van der Waals surface area contributed by atoms with E-state index in [1.54, 1.807) is 52.8 Å². The highest BCUT2D eigenvalue weighted by Crippen LogP contribution is 2.21. The number of nitrogens with zero attached hydrogens (tertiary/aromatic N) is 1. The summed E-state index contributed by atoms with van der Waals surface area (Å²) in [6.07, 6.45) is 3.12. The lowest BCUT2D eigenvalue weighted by atomic mass is 10.2. The first kappa shape index (κ1) is 21.6. The third-order valence-corrected chi connectivity index (χ3v) is 6.94. The van der Waals surface area contributed by atoms with Crippen molar-refractivity contribution in [2.75, 3.05) is 19.7 Å². The van der Waals surface area contributed by atoms with E-state index in [2.05, 4.69) is 5.32 Å². The van der Waals surface area contributed by atoms with Gasteiger partial charge in [0, 0.05) is 24.7 Å². The molecule has 2 aromatic rings. The Morgan fingerprint density at radius 1 is 1.00 bits per heavy atom. The van der Waals surface area contributed by atoms with Gasteiger partial charge in [-0.25, -0.2) is 8.42 Å². The number of piperidine rings is 1. The first-order chi connectivity index (χ1) is 13.9. The summed E-state index contributed by atoms with van der Waals surface area (Å²) in [6.45, 7) is 1.76. The second-order valence-corrected chi connectivity index (χ2v) is 9.31. The Balaban J connectivity index is 1.44. The highest BCUT2D eigenvalue weighted by Gasteiger charge is 2.25. The van der Waals surface area contributed by atoms with Gasteiger partial charge in [-0.2, -0.15) is 4.31 Å². The molecule has 0 spiro atoms. The van der Waals surface area contributed by atoms with E-state index < -0.39 is 10.0 Å². The predicted octanol–water partition coefficient (Wildman–Crippen LogP) is 3.60. The Bertz CT molecular complexity index is 909. The molecule has 2 aromatic carbocycles. The summed E-state index contributed by atoms with van der Waals surface area (Å²) in [4.78, 5) is 12.3. The predicted molar refractivity (Wildman–Crippen MR) is 112 cm³/mol. The molecule has 3 rings (SSSR count). The van der Waals surface area contributed by atoms with Gasteiger partial charge in [0.05, 0.1) is 17.9 Å². The maximum atomic E-state index is 12.7. The van der Waals surface area contributed by atoms with Crippen molar-refractivity contribution in [3.8, 4) is 5.75 Å². The fraction of sp³-hybridized carbons (Fsp3) is 0.381. The molecule has 0 aromatic heterocycles. The van der Waals surface area contributed by atoms with Crippen LogP contribution >= 0.6 is 11.6 Å². The van der Waals surface area contributed by atoms with Gasteiger partial charge in [0.2, 0.25) is 15.9 Å². The Morgan fingerprint density at radius 2 is 1.66 bits per heavy atom. The molecule has 156 valence electrons. The molecule has 1 heterocycles. The highest BCUT2D eigenvalue weighted by molar-refractivity contribution is 7.89. The van der Waals surface area contributed by atoms with Gasteiger partial charge in [0.1, 0.15) is 5.75 Å². The summed E-state index contributed by atoms with van der Waals surface area (Å²) >= 11 is 5.81. The van der Waals surface area contributed by atoms with Crippen LogP contribution in [0.3, 0.4) is 0 Å². The Kier molecular flexibility index (Phi) is 7.52. The summed E-state index contributed by atoms with van der Waals surface area (Å²) in [6, 6.07) is 13.6. The molecule has 1 saturated heterocycles. The zero-order chi connectivity index (χ0) is 20.7. The molecule has 1 fully saturated rings. The molecule has 6 nitrogen and oxygen atoms in total. The number of ether oxygens (including phenoxy) is 1. The summed E-state index contributed by atoms with van der Waals surface area (Å²) in [5, 5.41) is 3.45. The quantitative estimate of drug-likeness (QED) is 0.686. The molecule has 0 saturated carbocycles. The summed E-state index contributed by atoms with van der Waals surface area (Å²) in [5.74, 6) is 0.525. The van der Waals surface area contributed by atoms with Crippen molar-refractivity contribution in [2.45, 2.75) is 37.1 Å². The highest BCUT2D eigenvalue weighted by atomic mass is 35.5. The van der Waals surface area contributed by atoms with Crippen LogP contribution in [0, 0.1) is 0 Å². The first-order valence-electron chi connectivity index (χ1n) is 9.69. The van der Waals surface area contributed by atoms with Gasteiger partial charge in [-0.1, -0.05) is 30.2 Å². The largest absolute Gasteiger partial charge is 0.493 e. The molecule has 1 aliphatic heterocycles. The van der Waals surface area contributed by atoms with Crippen molar-refractivity contribution in [3.05, 3.63) is 59.1 Å². The SMILES string of the molecule is O=C(CCOc1ccc(Cl)cc1)NCc1ccc(S(=O)(=O)N2CCCCC2)cc1. The molecule has 8 heteroatoms. The Morgan fingerprint density at radius 3 is 2.31 bits per heavy atom. The van der Waals surface area contributed by atoms with Gasteiger partial charge in [0.25, 0.3) is 0 Å². The topological polar surface area (TPSA) is 75.7 Å². The third-order valence-electron chi connectivity index (χ3n) is 4.78. The molecular formula is C21H25ClN2O4S. The van der Waals surface area contributed by atoms with Crippen LogP contribution in [-0.2, 0) is 21.4 Å². The standard InChI is InChI=1S/C21H25ClN2O4S/c22-18-6-8-19(9-7-18)28-15-12-21(25)23-16-17-4-10-20(11-5-17)29(26,27)24-13-2-1-3-14-24/h4-11H,1-3,12-16H2,(H,23,25). The van der Waals surface area contributed by atoms with E-state index >= 15 is 0 Å². The monoisotopic (exact) mass is 436 g/mol. The van der Waals surface area contributed by atoms with E-state index in [9.17, 15) is 13.2 Å². The van der Waals surface area contributed by atoms with Gasteiger partial charge < -0.3 is 10.1 Å². The lowest BCUT2D eigenvalue weighted by Crippen LogP contribution is -2.35. The van der Waals surface area contributed by atoms with Crippen LogP contribution in [0.25, 0.3) is 0 Å². The fourth-order valence-electron chi connectivity index (χ4n) is 3.12. The molecule has 1 N–H and O–H groups in total. The van der Waals surface area contributed by atoms with Crippen molar-refractivity contribution in [1.29, 1.82) is 0 Å². The number of carbonyl (C=O) groups is 1. The number of carbonyl (C=O) groups excluding carboxylic acids is 1. The van der Waals surface area contributed by atoms with Crippen molar-refractivity contribution >= 4 is 27.5 Å². The van der Waals surface area contributed by atoms with E-state index in [0.717, 1.165) is 24.8 Å². The van der Waals surface area contributed by atoms with E-state index in [4.69, 9.17) is 16.3 Å². The first-order valence-corrected chi connectivity index (χ1v) is 11.5. The molecule has 0 unspecified atom stereocenters. The second kappa shape index (κ2) is 10.1. The van der Waals surface area contributed by atoms with Gasteiger partial charge in [-0.05, 0) is 54.8 Å². The van der Waals surface area contributed by atoms with E-state index in [1.165, 1.54) is 0 Å². The molecule has 1 amide bonds. The average Bonchev–Trinajstić information content (AvgIpc) is 2.74. The van der Waals surface area contributed by atoms with E-state index in [-0.39, 0.29) is 18.9 Å². The zero-order valence-electron chi connectivity index (χ0n) is 16.1. The molecule has 0 bridgehead atoms. The second-order valence-electron chi connectivity index (χ2n) is 6.94. The van der Waals surface area contributed by atoms with Crippen LogP contribution in [0.2, 0.25) is 5.02 Å². The molecule has 1 aliphatic rings. The van der Waals surface area contributed by atoms with Crippen molar-refractivity contribution in [1.82, 2.24) is 9.62 Å². The Labute approximate surface area is 176 Å². The summed E-state index contributed by atoms with van der Waals surface area (Å²) < 4.78 is 32.4. The number of sulfonamides is 1. The van der Waals surface area contributed by atoms with Gasteiger partial charge in [-0.3, -0.25) is 4.79 Å². The smallest absolute Gasteiger partial charge is 0.243 e. The van der Waals surface area contributed by atoms with Crippen LogP contribution in [-0.4, -0.2) is 38.3 Å². The fourth-order valence-corrected chi connectivity index (χ4v) is 4.76. The minimum atomic E-state index is -3.43. The van der Waals surface area contributed by atoms with Crippen molar-refractivity contribution in [3.63, 3.8) is 0 Å². The minimum absolute atomic E-state index is 0.135. The van der Waals surface area contributed by atoms with Crippen molar-refractivity contribution < 1.29 is 17.9 Å². The lowest BCUT2D eigenvalue weighted by Gasteiger charge is -2.25. The minimum Gasteiger partial charge on any atom is -0.493 e. The number of hydrogen-bond donors (Lipinski definition) is 1. The van der Waals surface area contributed by atoms with Gasteiger partial charge >= 0.3 is 0 Å². The summed E-state index contributed by atoms with van der Waals surface area (Å²) in [7, 11) is -3.43. The number of benzene rings is 2. The molecule has 29 heavy (non-hydrogen) atoms. The van der Waals surface area contributed by atoms with Crippen LogP contribution in [0.1, 0.15) is 31.2 Å². The van der Waals surface area contributed by atoms with Crippen LogP contribution in [0.4, 0.5) is 0 Å². The number of amides is 1. The third kappa shape index (κ3) is 6.19. The lowest BCUT2D eigenvalue weighted by molar-refractivity contribution is -0.121. The molecule has 0 radical (unpaired) electrons. The number of nitrogens with one attached hydrogen (secondary N) is 1. The average molecular weight is 437 g/mol. The maximum Gasteiger partial charge on any atom is 0.243 e. The van der Waals surface area contributed by atoms with Crippen LogP contribution in [0.5, 0.6) is 5.75 Å². The Hall–Kier alpha value is -2.09. The van der Waals surface area contributed by atoms with Crippen LogP contribution < -0.4 is 10.1 Å². The van der Waals surface area contributed by atoms with Crippen molar-refractivity contribution in [2.24, 2.45) is 0 Å². The maximum absolute atomic E-state index is 12.7. The molecular weight excluding hydrogens is 412 g/mol. The molecule has 0 atom stereocenters. The zero-order valence-corrected chi connectivity index (χ0v) is 17.7. The van der Waals surface area contributed by atoms with E-state index in [0.29, 0.717) is 35.3 Å². The summed E-state index contributed by atoms with van der Waals surface area (Å²) in [5.41, 5.74) is 0.842. The van der Waals surface area contributed by atoms with Crippen LogP contribution in [0.15, 0.2) is 53.4 Å². The number of rotatable bonds is 8. The number of halogens is 1. The number of hydrogen-bond acceptors (Lipinski definition) is 4. The molecule has 0 aliphatic carbocycles. The van der Waals surface area contributed by atoms with Gasteiger partial charge in [0.15, 0.2) is 0 Å².